The lowest BCUT2D eigenvalue weighted by atomic mass is 9.99. The second-order valence-corrected chi connectivity index (χ2v) is 7.10. The van der Waals surface area contributed by atoms with Crippen LogP contribution in [-0.2, 0) is 9.53 Å². The molecule has 0 bridgehead atoms. The number of methoxy groups -OCH3 is 1. The fourth-order valence-electron chi connectivity index (χ4n) is 3.51. The van der Waals surface area contributed by atoms with Crippen LogP contribution in [-0.4, -0.2) is 99.7 Å². The molecule has 0 spiro atoms. The SMILES string of the molecule is CCNC(=NCC1CN(C)CCN1C)N1CC(C)C(C(=O)OC)C1.I. The number of piperazine rings is 1. The largest absolute Gasteiger partial charge is 0.469 e. The van der Waals surface area contributed by atoms with Gasteiger partial charge in [0.1, 0.15) is 0 Å². The molecule has 2 saturated heterocycles. The zero-order valence-corrected chi connectivity index (χ0v) is 18.5. The number of likely N-dealkylation sites (tertiary alicyclic amines) is 1. The Labute approximate surface area is 169 Å². The first kappa shape index (κ1) is 22.4. The van der Waals surface area contributed by atoms with E-state index in [0.717, 1.165) is 45.2 Å². The minimum Gasteiger partial charge on any atom is -0.469 e. The fraction of sp³-hybridized carbons (Fsp3) is 0.882. The molecule has 1 N–H and O–H groups in total. The van der Waals surface area contributed by atoms with Crippen LogP contribution in [0.25, 0.3) is 0 Å². The smallest absolute Gasteiger partial charge is 0.310 e. The number of guanidine groups is 1. The van der Waals surface area contributed by atoms with E-state index in [0.29, 0.717) is 12.6 Å². The maximum absolute atomic E-state index is 11.9. The van der Waals surface area contributed by atoms with Gasteiger partial charge in [-0.1, -0.05) is 6.92 Å². The standard InChI is InChI=1S/C17H33N5O2.HI/c1-6-18-17(19-9-14-11-20(3)7-8-21(14)4)22-10-13(2)15(12-22)16(23)24-5;/h13-15H,6-12H2,1-5H3,(H,18,19);1H. The second kappa shape index (κ2) is 10.5. The normalized spacial score (nSPS) is 28.6. The molecule has 2 rings (SSSR count). The molecular formula is C17H34IN5O2. The van der Waals surface area contributed by atoms with E-state index in [-0.39, 0.29) is 41.8 Å². The van der Waals surface area contributed by atoms with Crippen LogP contribution in [0.4, 0.5) is 0 Å². The summed E-state index contributed by atoms with van der Waals surface area (Å²) in [5.41, 5.74) is 0. The lowest BCUT2D eigenvalue weighted by Gasteiger charge is -2.37. The van der Waals surface area contributed by atoms with Gasteiger partial charge in [-0.05, 0) is 26.9 Å². The average Bonchev–Trinajstić information content (AvgIpc) is 2.95. The Balaban J connectivity index is 0.00000312. The van der Waals surface area contributed by atoms with E-state index in [1.165, 1.54) is 7.11 Å². The zero-order chi connectivity index (χ0) is 17.7. The van der Waals surface area contributed by atoms with Crippen LogP contribution in [0.5, 0.6) is 0 Å². The predicted octanol–water partition coefficient (Wildman–Crippen LogP) is 0.557. The Morgan fingerprint density at radius 1 is 1.24 bits per heavy atom. The highest BCUT2D eigenvalue weighted by molar-refractivity contribution is 14.0. The van der Waals surface area contributed by atoms with Crippen molar-refractivity contribution in [1.82, 2.24) is 20.0 Å². The summed E-state index contributed by atoms with van der Waals surface area (Å²) in [6.07, 6.45) is 0. The van der Waals surface area contributed by atoms with Gasteiger partial charge in [0.25, 0.3) is 0 Å². The van der Waals surface area contributed by atoms with Crippen LogP contribution in [0.3, 0.4) is 0 Å². The van der Waals surface area contributed by atoms with E-state index in [1.807, 2.05) is 0 Å². The van der Waals surface area contributed by atoms with Gasteiger partial charge >= 0.3 is 5.97 Å². The summed E-state index contributed by atoms with van der Waals surface area (Å²) in [6, 6.07) is 0.439. The van der Waals surface area contributed by atoms with Crippen molar-refractivity contribution < 1.29 is 9.53 Å². The molecule has 0 aromatic heterocycles. The minimum absolute atomic E-state index is 0. The number of halogens is 1. The predicted molar refractivity (Wildman–Crippen MR) is 112 cm³/mol. The zero-order valence-electron chi connectivity index (χ0n) is 16.2. The van der Waals surface area contributed by atoms with Gasteiger partial charge in [0.15, 0.2) is 5.96 Å². The second-order valence-electron chi connectivity index (χ2n) is 7.10. The Hall–Kier alpha value is -0.610. The van der Waals surface area contributed by atoms with E-state index < -0.39 is 0 Å². The molecule has 2 aliphatic heterocycles. The number of esters is 1. The third kappa shape index (κ3) is 5.96. The summed E-state index contributed by atoms with van der Waals surface area (Å²) in [7, 11) is 5.80. The average molecular weight is 467 g/mol. The van der Waals surface area contributed by atoms with Crippen LogP contribution < -0.4 is 5.32 Å². The van der Waals surface area contributed by atoms with Gasteiger partial charge in [0.2, 0.25) is 0 Å². The number of nitrogens with one attached hydrogen (secondary N) is 1. The van der Waals surface area contributed by atoms with Crippen LogP contribution in [0.15, 0.2) is 4.99 Å². The Morgan fingerprint density at radius 2 is 1.96 bits per heavy atom. The maximum Gasteiger partial charge on any atom is 0.310 e. The highest BCUT2D eigenvalue weighted by atomic mass is 127. The summed E-state index contributed by atoms with van der Waals surface area (Å²) >= 11 is 0. The Bertz CT molecular complexity index is 462. The number of likely N-dealkylation sites (N-methyl/N-ethyl adjacent to an activating group) is 2. The number of carbonyl (C=O) groups is 1. The lowest BCUT2D eigenvalue weighted by Crippen LogP contribution is -2.51. The monoisotopic (exact) mass is 467 g/mol. The van der Waals surface area contributed by atoms with E-state index in [2.05, 4.69) is 48.0 Å². The molecule has 2 aliphatic rings. The number of hydrogen-bond donors (Lipinski definition) is 1. The lowest BCUT2D eigenvalue weighted by molar-refractivity contribution is -0.145. The summed E-state index contributed by atoms with van der Waals surface area (Å²) in [6.45, 7) is 10.5. The van der Waals surface area contributed by atoms with Crippen LogP contribution in [0.1, 0.15) is 13.8 Å². The Kier molecular flexibility index (Phi) is 9.44. The van der Waals surface area contributed by atoms with Crippen molar-refractivity contribution in [2.75, 3.05) is 67.0 Å². The van der Waals surface area contributed by atoms with Gasteiger partial charge in [-0.2, -0.15) is 0 Å². The third-order valence-electron chi connectivity index (χ3n) is 5.18. The topological polar surface area (TPSA) is 60.4 Å². The van der Waals surface area contributed by atoms with Crippen molar-refractivity contribution in [3.63, 3.8) is 0 Å². The van der Waals surface area contributed by atoms with Crippen LogP contribution >= 0.6 is 24.0 Å². The minimum atomic E-state index is -0.116. The van der Waals surface area contributed by atoms with Gasteiger partial charge in [0.05, 0.1) is 19.6 Å². The molecule has 0 aromatic carbocycles. The van der Waals surface area contributed by atoms with E-state index in [9.17, 15) is 4.79 Å². The quantitative estimate of drug-likeness (QED) is 0.282. The van der Waals surface area contributed by atoms with E-state index in [4.69, 9.17) is 9.73 Å². The van der Waals surface area contributed by atoms with Crippen molar-refractivity contribution in [3.8, 4) is 0 Å². The summed E-state index contributed by atoms with van der Waals surface area (Å²) < 4.78 is 4.94. The first-order valence-electron chi connectivity index (χ1n) is 8.96. The molecule has 3 atom stereocenters. The number of rotatable bonds is 4. The number of carbonyl (C=O) groups excluding carboxylic acids is 1. The van der Waals surface area contributed by atoms with Gasteiger partial charge in [-0.3, -0.25) is 14.7 Å². The van der Waals surface area contributed by atoms with E-state index in [1.54, 1.807) is 0 Å². The van der Waals surface area contributed by atoms with Gasteiger partial charge in [-0.15, -0.1) is 24.0 Å². The van der Waals surface area contributed by atoms with Crippen molar-refractivity contribution in [3.05, 3.63) is 0 Å². The molecule has 25 heavy (non-hydrogen) atoms. The summed E-state index contributed by atoms with van der Waals surface area (Å²) in [4.78, 5) is 23.7. The number of ether oxygens (including phenoxy) is 1. The van der Waals surface area contributed by atoms with Gasteiger partial charge in [-0.25, -0.2) is 0 Å². The summed E-state index contributed by atoms with van der Waals surface area (Å²) in [5.74, 6) is 1.01. The highest BCUT2D eigenvalue weighted by Crippen LogP contribution is 2.24. The van der Waals surface area contributed by atoms with E-state index >= 15 is 0 Å². The van der Waals surface area contributed by atoms with Crippen molar-refractivity contribution in [2.24, 2.45) is 16.8 Å². The Morgan fingerprint density at radius 3 is 2.60 bits per heavy atom. The first-order valence-corrected chi connectivity index (χ1v) is 8.96. The molecule has 0 aromatic rings. The van der Waals surface area contributed by atoms with Gasteiger partial charge in [0, 0.05) is 45.3 Å². The van der Waals surface area contributed by atoms with Crippen molar-refractivity contribution >= 4 is 35.9 Å². The molecule has 7 nitrogen and oxygen atoms in total. The molecule has 3 unspecified atom stereocenters. The molecule has 0 radical (unpaired) electrons. The van der Waals surface area contributed by atoms with Crippen LogP contribution in [0, 0.1) is 11.8 Å². The number of nitrogens with zero attached hydrogens (tertiary/aromatic N) is 4. The highest BCUT2D eigenvalue weighted by Gasteiger charge is 2.37. The molecule has 0 amide bonds. The molecule has 2 fully saturated rings. The van der Waals surface area contributed by atoms with Crippen LogP contribution in [0.2, 0.25) is 0 Å². The summed E-state index contributed by atoms with van der Waals surface area (Å²) in [5, 5.41) is 3.38. The van der Waals surface area contributed by atoms with Gasteiger partial charge < -0.3 is 19.9 Å². The fourth-order valence-corrected chi connectivity index (χ4v) is 3.51. The molecule has 0 aliphatic carbocycles. The van der Waals surface area contributed by atoms with Crippen molar-refractivity contribution in [1.29, 1.82) is 0 Å². The number of aliphatic imine (C=N–C) groups is 1. The number of hydrogen-bond acceptors (Lipinski definition) is 5. The maximum atomic E-state index is 11.9. The molecular weight excluding hydrogens is 433 g/mol. The van der Waals surface area contributed by atoms with Crippen molar-refractivity contribution in [2.45, 2.75) is 19.9 Å². The first-order chi connectivity index (χ1) is 11.5. The third-order valence-corrected chi connectivity index (χ3v) is 5.18. The molecule has 0 saturated carbocycles. The molecule has 2 heterocycles. The molecule has 146 valence electrons. The molecule has 8 heteroatoms.